The van der Waals surface area contributed by atoms with Crippen LogP contribution in [0.5, 0.6) is 0 Å². The van der Waals surface area contributed by atoms with Crippen molar-refractivity contribution in [1.29, 1.82) is 0 Å². The van der Waals surface area contributed by atoms with Gasteiger partial charge in [-0.15, -0.1) is 0 Å². The van der Waals surface area contributed by atoms with Crippen molar-refractivity contribution in [1.82, 2.24) is 9.71 Å². The van der Waals surface area contributed by atoms with Gasteiger partial charge in [-0.3, -0.25) is 0 Å². The summed E-state index contributed by atoms with van der Waals surface area (Å²) in [6.45, 7) is 1.75. The fraction of sp³-hybridized carbons (Fsp3) is 0.167. The van der Waals surface area contributed by atoms with Crippen molar-refractivity contribution >= 4 is 10.0 Å². The van der Waals surface area contributed by atoms with Crippen LogP contribution < -0.4 is 4.72 Å². The van der Waals surface area contributed by atoms with Gasteiger partial charge in [-0.25, -0.2) is 26.9 Å². The topological polar surface area (TPSA) is 72.2 Å². The third kappa shape index (κ3) is 3.97. The van der Waals surface area contributed by atoms with Crippen LogP contribution in [0.3, 0.4) is 0 Å². The van der Waals surface area contributed by atoms with Crippen LogP contribution in [-0.2, 0) is 16.4 Å². The molecule has 0 aliphatic heterocycles. The molecule has 0 aliphatic rings. The molecule has 0 unspecified atom stereocenters. The zero-order chi connectivity index (χ0) is 18.7. The van der Waals surface area contributed by atoms with Gasteiger partial charge < -0.3 is 4.42 Å². The molecule has 1 aromatic heterocycles. The maximum absolute atomic E-state index is 13.8. The van der Waals surface area contributed by atoms with E-state index in [1.807, 2.05) is 0 Å². The third-order valence-electron chi connectivity index (χ3n) is 3.77. The molecule has 0 fully saturated rings. The fourth-order valence-corrected chi connectivity index (χ4v) is 3.44. The third-order valence-corrected chi connectivity index (χ3v) is 5.25. The van der Waals surface area contributed by atoms with Gasteiger partial charge in [0.05, 0.1) is 16.2 Å². The number of sulfonamides is 1. The predicted molar refractivity (Wildman–Crippen MR) is 91.9 cm³/mol. The lowest BCUT2D eigenvalue weighted by Crippen LogP contribution is -2.26. The number of benzene rings is 2. The summed E-state index contributed by atoms with van der Waals surface area (Å²) in [6.07, 6.45) is 0.268. The van der Waals surface area contributed by atoms with Crippen molar-refractivity contribution in [2.75, 3.05) is 6.54 Å². The Balaban J connectivity index is 1.69. The van der Waals surface area contributed by atoms with E-state index in [0.29, 0.717) is 11.5 Å². The van der Waals surface area contributed by atoms with Crippen LogP contribution in [0.25, 0.3) is 11.5 Å². The van der Waals surface area contributed by atoms with Gasteiger partial charge in [-0.05, 0) is 43.3 Å². The van der Waals surface area contributed by atoms with Gasteiger partial charge in [-0.2, -0.15) is 0 Å². The van der Waals surface area contributed by atoms with Gasteiger partial charge in [0.2, 0.25) is 15.9 Å². The van der Waals surface area contributed by atoms with Crippen molar-refractivity contribution in [3.05, 3.63) is 71.6 Å². The highest BCUT2D eigenvalue weighted by Gasteiger charge is 2.17. The summed E-state index contributed by atoms with van der Waals surface area (Å²) in [4.78, 5) is 4.23. The molecule has 1 N–H and O–H groups in total. The second-order valence-corrected chi connectivity index (χ2v) is 7.37. The number of hydrogen-bond acceptors (Lipinski definition) is 4. The smallest absolute Gasteiger partial charge is 0.240 e. The molecule has 0 atom stereocenters. The van der Waals surface area contributed by atoms with Gasteiger partial charge in [0, 0.05) is 13.0 Å². The molecule has 3 aromatic rings. The van der Waals surface area contributed by atoms with E-state index in [2.05, 4.69) is 9.71 Å². The standard InChI is InChI=1S/C18H16F2N2O3S/c1-12-17(22-18(25-12)15-4-2-3-5-16(15)20)10-11-21-26(23,24)14-8-6-13(19)7-9-14/h2-9,21H,10-11H2,1H3. The molecule has 3 rings (SSSR count). The van der Waals surface area contributed by atoms with E-state index >= 15 is 0 Å². The quantitative estimate of drug-likeness (QED) is 0.713. The molecule has 0 saturated carbocycles. The number of aryl methyl sites for hydroxylation is 1. The zero-order valence-corrected chi connectivity index (χ0v) is 14.7. The molecule has 2 aromatic carbocycles. The Morgan fingerprint density at radius 2 is 1.77 bits per heavy atom. The number of halogens is 2. The summed E-state index contributed by atoms with van der Waals surface area (Å²) in [5, 5.41) is 0. The van der Waals surface area contributed by atoms with E-state index in [1.54, 1.807) is 25.1 Å². The lowest BCUT2D eigenvalue weighted by Gasteiger charge is -2.05. The number of rotatable bonds is 6. The molecule has 136 valence electrons. The highest BCUT2D eigenvalue weighted by Crippen LogP contribution is 2.24. The molecule has 8 heteroatoms. The van der Waals surface area contributed by atoms with E-state index in [-0.39, 0.29) is 29.3 Å². The molecule has 26 heavy (non-hydrogen) atoms. The number of nitrogens with one attached hydrogen (secondary N) is 1. The first kappa shape index (κ1) is 18.2. The van der Waals surface area contributed by atoms with Gasteiger partial charge in [0.1, 0.15) is 17.4 Å². The Hall–Kier alpha value is -2.58. The minimum Gasteiger partial charge on any atom is -0.441 e. The Morgan fingerprint density at radius 3 is 2.46 bits per heavy atom. The highest BCUT2D eigenvalue weighted by molar-refractivity contribution is 7.89. The highest BCUT2D eigenvalue weighted by atomic mass is 32.2. The second kappa shape index (κ2) is 7.35. The van der Waals surface area contributed by atoms with E-state index < -0.39 is 21.7 Å². The van der Waals surface area contributed by atoms with E-state index in [4.69, 9.17) is 4.42 Å². The summed E-state index contributed by atoms with van der Waals surface area (Å²) in [6, 6.07) is 10.7. The molecular formula is C18H16F2N2O3S. The largest absolute Gasteiger partial charge is 0.441 e. The van der Waals surface area contributed by atoms with E-state index in [1.165, 1.54) is 18.2 Å². The SMILES string of the molecule is Cc1oc(-c2ccccc2F)nc1CCNS(=O)(=O)c1ccc(F)cc1. The predicted octanol–water partition coefficient (Wildman–Crippen LogP) is 3.45. The molecule has 0 aliphatic carbocycles. The van der Waals surface area contributed by atoms with E-state index in [0.717, 1.165) is 12.1 Å². The number of oxazole rings is 1. The minimum atomic E-state index is -3.75. The Morgan fingerprint density at radius 1 is 1.08 bits per heavy atom. The summed E-state index contributed by atoms with van der Waals surface area (Å²) < 4.78 is 59.0. The van der Waals surface area contributed by atoms with Crippen LogP contribution >= 0.6 is 0 Å². The second-order valence-electron chi connectivity index (χ2n) is 5.60. The Bertz CT molecular complexity index is 1020. The fourth-order valence-electron chi connectivity index (χ4n) is 2.41. The van der Waals surface area contributed by atoms with Gasteiger partial charge in [0.15, 0.2) is 0 Å². The van der Waals surface area contributed by atoms with Crippen molar-refractivity contribution < 1.29 is 21.6 Å². The lowest BCUT2D eigenvalue weighted by molar-refractivity contribution is 0.531. The van der Waals surface area contributed by atoms with E-state index in [9.17, 15) is 17.2 Å². The van der Waals surface area contributed by atoms with Crippen LogP contribution in [-0.4, -0.2) is 19.9 Å². The number of hydrogen-bond donors (Lipinski definition) is 1. The molecule has 0 bridgehead atoms. The summed E-state index contributed by atoms with van der Waals surface area (Å²) in [7, 11) is -3.75. The van der Waals surface area contributed by atoms with Crippen molar-refractivity contribution in [3.63, 3.8) is 0 Å². The van der Waals surface area contributed by atoms with Gasteiger partial charge in [-0.1, -0.05) is 12.1 Å². The summed E-state index contributed by atoms with van der Waals surface area (Å²) in [5.74, 6) is -0.318. The number of aromatic nitrogens is 1. The first-order valence-electron chi connectivity index (χ1n) is 7.83. The maximum atomic E-state index is 13.8. The normalized spacial score (nSPS) is 11.7. The Labute approximate surface area is 149 Å². The first-order chi connectivity index (χ1) is 12.4. The van der Waals surface area contributed by atoms with Gasteiger partial charge >= 0.3 is 0 Å². The summed E-state index contributed by atoms with van der Waals surface area (Å²) in [5.41, 5.74) is 0.777. The van der Waals surface area contributed by atoms with Crippen LogP contribution in [0.2, 0.25) is 0 Å². The molecule has 1 heterocycles. The zero-order valence-electron chi connectivity index (χ0n) is 13.9. The molecule has 0 saturated heterocycles. The average Bonchev–Trinajstić information content (AvgIpc) is 2.96. The Kier molecular flexibility index (Phi) is 5.15. The van der Waals surface area contributed by atoms with Crippen LogP contribution in [0, 0.1) is 18.6 Å². The number of nitrogens with zero attached hydrogens (tertiary/aromatic N) is 1. The minimum absolute atomic E-state index is 0.0252. The van der Waals surface area contributed by atoms with Crippen molar-refractivity contribution in [2.24, 2.45) is 0 Å². The maximum Gasteiger partial charge on any atom is 0.240 e. The lowest BCUT2D eigenvalue weighted by atomic mass is 10.2. The molecule has 0 spiro atoms. The molecule has 0 radical (unpaired) electrons. The van der Waals surface area contributed by atoms with Crippen LogP contribution in [0.4, 0.5) is 8.78 Å². The summed E-state index contributed by atoms with van der Waals surface area (Å²) >= 11 is 0. The molecule has 0 amide bonds. The average molecular weight is 378 g/mol. The van der Waals surface area contributed by atoms with Gasteiger partial charge in [0.25, 0.3) is 0 Å². The first-order valence-corrected chi connectivity index (χ1v) is 9.31. The molecular weight excluding hydrogens is 362 g/mol. The van der Waals surface area contributed by atoms with Crippen molar-refractivity contribution in [2.45, 2.75) is 18.2 Å². The van der Waals surface area contributed by atoms with Crippen LogP contribution in [0.1, 0.15) is 11.5 Å². The van der Waals surface area contributed by atoms with Crippen LogP contribution in [0.15, 0.2) is 57.8 Å². The monoisotopic (exact) mass is 378 g/mol. The van der Waals surface area contributed by atoms with Crippen molar-refractivity contribution in [3.8, 4) is 11.5 Å². The molecule has 5 nitrogen and oxygen atoms in total.